The van der Waals surface area contributed by atoms with E-state index in [0.29, 0.717) is 5.56 Å². The minimum atomic E-state index is 0.0707. The number of nitrogen functional groups attached to an aromatic ring is 1. The second kappa shape index (κ2) is 5.14. The normalized spacial score (nSPS) is 10.3. The molecule has 2 aromatic carbocycles. The second-order valence-corrected chi connectivity index (χ2v) is 4.69. The fraction of sp³-hybridized carbons (Fsp3) is 0.188. The van der Waals surface area contributed by atoms with Crippen molar-refractivity contribution in [2.75, 3.05) is 0 Å². The van der Waals surface area contributed by atoms with E-state index in [0.717, 1.165) is 22.6 Å². The molecule has 0 heterocycles. The Kier molecular flexibility index (Phi) is 3.56. The van der Waals surface area contributed by atoms with Crippen LogP contribution in [0.4, 0.5) is 0 Å². The summed E-state index contributed by atoms with van der Waals surface area (Å²) in [6, 6.07) is 11.5. The molecule has 98 valence electrons. The molecule has 0 saturated heterocycles. The van der Waals surface area contributed by atoms with Crippen LogP contribution in [0.5, 0.6) is 11.5 Å². The van der Waals surface area contributed by atoms with E-state index in [1.807, 2.05) is 38.1 Å². The van der Waals surface area contributed by atoms with Gasteiger partial charge < -0.3 is 10.5 Å². The smallest absolute Gasteiger partial charge is 0.130 e. The summed E-state index contributed by atoms with van der Waals surface area (Å²) in [7, 11) is 0. The molecule has 3 nitrogen and oxygen atoms in total. The van der Waals surface area contributed by atoms with Crippen LogP contribution in [-0.2, 0) is 0 Å². The Labute approximate surface area is 113 Å². The van der Waals surface area contributed by atoms with Gasteiger partial charge >= 0.3 is 0 Å². The Bertz CT molecular complexity index is 633. The number of benzene rings is 2. The molecular formula is C16H18N2O. The highest BCUT2D eigenvalue weighted by Gasteiger charge is 2.07. The molecule has 3 heteroatoms. The molecule has 0 radical (unpaired) electrons. The van der Waals surface area contributed by atoms with Gasteiger partial charge in [-0.3, -0.25) is 5.41 Å². The first-order chi connectivity index (χ1) is 8.99. The number of ether oxygens (including phenoxy) is 1. The number of rotatable bonds is 3. The second-order valence-electron chi connectivity index (χ2n) is 4.69. The van der Waals surface area contributed by atoms with Gasteiger partial charge in [-0.25, -0.2) is 0 Å². The van der Waals surface area contributed by atoms with Gasteiger partial charge in [0.1, 0.15) is 17.3 Å². The Hall–Kier alpha value is -2.29. The van der Waals surface area contributed by atoms with E-state index in [9.17, 15) is 0 Å². The minimum absolute atomic E-state index is 0.0707. The summed E-state index contributed by atoms with van der Waals surface area (Å²) < 4.78 is 5.94. The molecule has 3 N–H and O–H groups in total. The van der Waals surface area contributed by atoms with Crippen molar-refractivity contribution < 1.29 is 4.74 Å². The maximum absolute atomic E-state index is 7.42. The van der Waals surface area contributed by atoms with Gasteiger partial charge in [-0.1, -0.05) is 12.1 Å². The van der Waals surface area contributed by atoms with Crippen LogP contribution in [0.1, 0.15) is 22.3 Å². The molecular weight excluding hydrogens is 236 g/mol. The van der Waals surface area contributed by atoms with Crippen LogP contribution in [-0.4, -0.2) is 5.84 Å². The summed E-state index contributed by atoms with van der Waals surface area (Å²) >= 11 is 0. The van der Waals surface area contributed by atoms with Gasteiger partial charge in [-0.2, -0.15) is 0 Å². The fourth-order valence-electron chi connectivity index (χ4n) is 1.88. The molecule has 0 aromatic heterocycles. The van der Waals surface area contributed by atoms with Crippen molar-refractivity contribution in [2.24, 2.45) is 5.73 Å². The van der Waals surface area contributed by atoms with Crippen molar-refractivity contribution >= 4 is 5.84 Å². The highest BCUT2D eigenvalue weighted by atomic mass is 16.5. The van der Waals surface area contributed by atoms with E-state index in [2.05, 4.69) is 13.0 Å². The molecule has 2 rings (SSSR count). The average Bonchev–Trinajstić information content (AvgIpc) is 2.37. The highest BCUT2D eigenvalue weighted by molar-refractivity contribution is 5.95. The van der Waals surface area contributed by atoms with Crippen LogP contribution >= 0.6 is 0 Å². The van der Waals surface area contributed by atoms with E-state index in [1.54, 1.807) is 6.07 Å². The molecule has 0 aliphatic rings. The lowest BCUT2D eigenvalue weighted by molar-refractivity contribution is 0.474. The van der Waals surface area contributed by atoms with E-state index < -0.39 is 0 Å². The van der Waals surface area contributed by atoms with Gasteiger partial charge in [0.15, 0.2) is 0 Å². The Morgan fingerprint density at radius 1 is 1.00 bits per heavy atom. The van der Waals surface area contributed by atoms with Gasteiger partial charge in [0, 0.05) is 5.56 Å². The lowest BCUT2D eigenvalue weighted by atomic mass is 10.1. The van der Waals surface area contributed by atoms with Crippen molar-refractivity contribution in [1.29, 1.82) is 5.41 Å². The molecule has 0 amide bonds. The standard InChI is InChI=1S/C16H18N2O/c1-10-5-4-6-15(12(10)3)19-14-8-7-13(16(17)18)9-11(14)2/h4-9H,1-3H3,(H3,17,18). The first-order valence-electron chi connectivity index (χ1n) is 6.18. The molecule has 0 saturated carbocycles. The number of amidine groups is 1. The molecule has 0 spiro atoms. The first kappa shape index (κ1) is 13.1. The van der Waals surface area contributed by atoms with Crippen molar-refractivity contribution in [3.05, 3.63) is 58.7 Å². The third-order valence-electron chi connectivity index (χ3n) is 3.26. The number of hydrogen-bond donors (Lipinski definition) is 2. The van der Waals surface area contributed by atoms with Gasteiger partial charge in [-0.15, -0.1) is 0 Å². The Morgan fingerprint density at radius 3 is 2.37 bits per heavy atom. The predicted octanol–water partition coefficient (Wildman–Crippen LogP) is 3.69. The molecule has 0 bridgehead atoms. The maximum Gasteiger partial charge on any atom is 0.130 e. The third kappa shape index (κ3) is 2.76. The fourth-order valence-corrected chi connectivity index (χ4v) is 1.88. The largest absolute Gasteiger partial charge is 0.457 e. The molecule has 19 heavy (non-hydrogen) atoms. The Balaban J connectivity index is 2.34. The zero-order valence-corrected chi connectivity index (χ0v) is 11.4. The number of nitrogens with one attached hydrogen (secondary N) is 1. The maximum atomic E-state index is 7.42. The monoisotopic (exact) mass is 254 g/mol. The van der Waals surface area contributed by atoms with Crippen LogP contribution in [0.2, 0.25) is 0 Å². The molecule has 0 fully saturated rings. The Morgan fingerprint density at radius 2 is 1.74 bits per heavy atom. The SMILES string of the molecule is Cc1cc(C(=N)N)ccc1Oc1cccc(C)c1C. The summed E-state index contributed by atoms with van der Waals surface area (Å²) in [5, 5.41) is 7.42. The minimum Gasteiger partial charge on any atom is -0.457 e. The van der Waals surface area contributed by atoms with Gasteiger partial charge in [0.25, 0.3) is 0 Å². The van der Waals surface area contributed by atoms with Crippen LogP contribution in [0.15, 0.2) is 36.4 Å². The van der Waals surface area contributed by atoms with Gasteiger partial charge in [0.2, 0.25) is 0 Å². The topological polar surface area (TPSA) is 59.1 Å². The summed E-state index contributed by atoms with van der Waals surface area (Å²) in [5.41, 5.74) is 9.49. The molecule has 0 atom stereocenters. The van der Waals surface area contributed by atoms with Crippen molar-refractivity contribution in [1.82, 2.24) is 0 Å². The van der Waals surface area contributed by atoms with E-state index in [4.69, 9.17) is 15.9 Å². The van der Waals surface area contributed by atoms with Crippen molar-refractivity contribution in [2.45, 2.75) is 20.8 Å². The summed E-state index contributed by atoms with van der Waals surface area (Å²) in [6.45, 7) is 6.06. The molecule has 2 aromatic rings. The lowest BCUT2D eigenvalue weighted by Gasteiger charge is -2.13. The van der Waals surface area contributed by atoms with Gasteiger partial charge in [-0.05, 0) is 61.7 Å². The molecule has 0 aliphatic heterocycles. The molecule has 0 unspecified atom stereocenters. The zero-order valence-electron chi connectivity index (χ0n) is 11.4. The van der Waals surface area contributed by atoms with E-state index >= 15 is 0 Å². The lowest BCUT2D eigenvalue weighted by Crippen LogP contribution is -2.11. The van der Waals surface area contributed by atoms with Crippen LogP contribution in [0, 0.1) is 26.2 Å². The van der Waals surface area contributed by atoms with E-state index in [1.165, 1.54) is 5.56 Å². The summed E-state index contributed by atoms with van der Waals surface area (Å²) in [4.78, 5) is 0. The highest BCUT2D eigenvalue weighted by Crippen LogP contribution is 2.29. The summed E-state index contributed by atoms with van der Waals surface area (Å²) in [5.74, 6) is 1.72. The predicted molar refractivity (Wildman–Crippen MR) is 78.2 cm³/mol. The van der Waals surface area contributed by atoms with Crippen LogP contribution in [0.25, 0.3) is 0 Å². The first-order valence-corrected chi connectivity index (χ1v) is 6.18. The zero-order chi connectivity index (χ0) is 14.0. The quantitative estimate of drug-likeness (QED) is 0.648. The van der Waals surface area contributed by atoms with E-state index in [-0.39, 0.29) is 5.84 Å². The molecule has 0 aliphatic carbocycles. The van der Waals surface area contributed by atoms with Crippen molar-refractivity contribution in [3.8, 4) is 11.5 Å². The average molecular weight is 254 g/mol. The third-order valence-corrected chi connectivity index (χ3v) is 3.26. The van der Waals surface area contributed by atoms with Crippen LogP contribution < -0.4 is 10.5 Å². The van der Waals surface area contributed by atoms with Gasteiger partial charge in [0.05, 0.1) is 0 Å². The van der Waals surface area contributed by atoms with Crippen LogP contribution in [0.3, 0.4) is 0 Å². The number of hydrogen-bond acceptors (Lipinski definition) is 2. The van der Waals surface area contributed by atoms with Crippen molar-refractivity contribution in [3.63, 3.8) is 0 Å². The number of nitrogens with two attached hydrogens (primary N) is 1. The summed E-state index contributed by atoms with van der Waals surface area (Å²) in [6.07, 6.45) is 0. The number of aryl methyl sites for hydroxylation is 2.